The summed E-state index contributed by atoms with van der Waals surface area (Å²) in [6, 6.07) is 5.47. The number of carbonyl (C=O) groups excluding carboxylic acids is 3. The van der Waals surface area contributed by atoms with Crippen molar-refractivity contribution < 1.29 is 19.1 Å². The van der Waals surface area contributed by atoms with Crippen molar-refractivity contribution in [2.45, 2.75) is 38.6 Å². The third-order valence-electron chi connectivity index (χ3n) is 3.82. The van der Waals surface area contributed by atoms with E-state index in [4.69, 9.17) is 10.5 Å². The van der Waals surface area contributed by atoms with E-state index in [-0.39, 0.29) is 23.1 Å². The zero-order chi connectivity index (χ0) is 16.1. The molecule has 22 heavy (non-hydrogen) atoms. The quantitative estimate of drug-likeness (QED) is 0.634. The van der Waals surface area contributed by atoms with Crippen molar-refractivity contribution in [1.29, 1.82) is 0 Å². The summed E-state index contributed by atoms with van der Waals surface area (Å²) in [5.74, 6) is -1.03. The first kappa shape index (κ1) is 16.0. The first-order valence-electron chi connectivity index (χ1n) is 7.36. The second-order valence-electron chi connectivity index (χ2n) is 5.54. The Balaban J connectivity index is 2.11. The minimum atomic E-state index is -0.655. The monoisotopic (exact) mass is 304 g/mol. The third kappa shape index (κ3) is 4.07. The van der Waals surface area contributed by atoms with Gasteiger partial charge < -0.3 is 15.8 Å². The molecule has 1 aliphatic rings. The van der Waals surface area contributed by atoms with Gasteiger partial charge >= 0.3 is 5.97 Å². The van der Waals surface area contributed by atoms with Crippen molar-refractivity contribution >= 4 is 17.8 Å². The Morgan fingerprint density at radius 3 is 2.55 bits per heavy atom. The van der Waals surface area contributed by atoms with Gasteiger partial charge in [0.25, 0.3) is 0 Å². The number of benzene rings is 1. The van der Waals surface area contributed by atoms with E-state index in [1.807, 2.05) is 0 Å². The summed E-state index contributed by atoms with van der Waals surface area (Å²) in [5, 5.41) is 2.67. The van der Waals surface area contributed by atoms with Gasteiger partial charge in [-0.3, -0.25) is 9.59 Å². The van der Waals surface area contributed by atoms with Gasteiger partial charge in [0, 0.05) is 12.5 Å². The summed E-state index contributed by atoms with van der Waals surface area (Å²) < 4.78 is 5.32. The fourth-order valence-corrected chi connectivity index (χ4v) is 2.77. The summed E-state index contributed by atoms with van der Waals surface area (Å²) in [6.45, 7) is 1.38. The molecule has 1 saturated carbocycles. The summed E-state index contributed by atoms with van der Waals surface area (Å²) >= 11 is 0. The number of esters is 1. The number of hydrogen-bond donors (Lipinski definition) is 2. The first-order chi connectivity index (χ1) is 10.5. The van der Waals surface area contributed by atoms with Crippen LogP contribution in [0.2, 0.25) is 0 Å². The van der Waals surface area contributed by atoms with E-state index in [2.05, 4.69) is 5.32 Å². The van der Waals surface area contributed by atoms with Crippen LogP contribution in [-0.4, -0.2) is 23.8 Å². The normalized spacial score (nSPS) is 16.0. The number of nitrogens with one attached hydrogen (secondary N) is 1. The van der Waals surface area contributed by atoms with Crippen LogP contribution in [0.15, 0.2) is 24.3 Å². The molecule has 6 heteroatoms. The summed E-state index contributed by atoms with van der Waals surface area (Å²) in [6.07, 6.45) is 3.87. The molecule has 1 aliphatic carbocycles. The smallest absolute Gasteiger partial charge is 0.334 e. The molecule has 1 unspecified atom stereocenters. The minimum absolute atomic E-state index is 0.0933. The second kappa shape index (κ2) is 7.06. The summed E-state index contributed by atoms with van der Waals surface area (Å²) in [7, 11) is 0. The van der Waals surface area contributed by atoms with Gasteiger partial charge in [0.2, 0.25) is 11.8 Å². The molecule has 0 spiro atoms. The van der Waals surface area contributed by atoms with Crippen LogP contribution in [0.3, 0.4) is 0 Å². The van der Waals surface area contributed by atoms with Crippen LogP contribution < -0.4 is 15.8 Å². The first-order valence-corrected chi connectivity index (χ1v) is 7.36. The Morgan fingerprint density at radius 1 is 1.27 bits per heavy atom. The number of primary amides is 1. The van der Waals surface area contributed by atoms with Crippen LogP contribution in [-0.2, 0) is 9.59 Å². The standard InChI is InChI=1S/C16H20N2O4/c1-10(19)18-14(11-5-2-3-6-11)16(21)22-13-8-4-7-12(9-13)15(17)20/h4,7-9,11,14H,2-3,5-6H2,1H3,(H2,17,20)(H,18,19). The molecule has 1 atom stereocenters. The highest BCUT2D eigenvalue weighted by molar-refractivity contribution is 5.93. The van der Waals surface area contributed by atoms with Gasteiger partial charge in [-0.1, -0.05) is 18.9 Å². The van der Waals surface area contributed by atoms with Gasteiger partial charge in [-0.05, 0) is 37.0 Å². The molecule has 0 bridgehead atoms. The van der Waals surface area contributed by atoms with Crippen molar-refractivity contribution in [2.24, 2.45) is 11.7 Å². The highest BCUT2D eigenvalue weighted by Crippen LogP contribution is 2.28. The highest BCUT2D eigenvalue weighted by atomic mass is 16.5. The Labute approximate surface area is 129 Å². The summed E-state index contributed by atoms with van der Waals surface area (Å²) in [4.78, 5) is 34.8. The minimum Gasteiger partial charge on any atom is -0.425 e. The van der Waals surface area contributed by atoms with Crippen molar-refractivity contribution in [1.82, 2.24) is 5.32 Å². The zero-order valence-corrected chi connectivity index (χ0v) is 12.5. The average molecular weight is 304 g/mol. The molecule has 2 rings (SSSR count). The van der Waals surface area contributed by atoms with Crippen LogP contribution in [0.1, 0.15) is 43.0 Å². The molecule has 1 aromatic carbocycles. The van der Waals surface area contributed by atoms with E-state index in [1.54, 1.807) is 18.2 Å². The van der Waals surface area contributed by atoms with Crippen molar-refractivity contribution in [3.8, 4) is 5.75 Å². The molecule has 6 nitrogen and oxygen atoms in total. The predicted molar refractivity (Wildman–Crippen MR) is 80.2 cm³/mol. The molecule has 0 heterocycles. The maximum absolute atomic E-state index is 12.4. The highest BCUT2D eigenvalue weighted by Gasteiger charge is 2.32. The van der Waals surface area contributed by atoms with Crippen LogP contribution in [0.4, 0.5) is 0 Å². The average Bonchev–Trinajstić information content (AvgIpc) is 2.98. The molecule has 1 fully saturated rings. The summed E-state index contributed by atoms with van der Waals surface area (Å²) in [5.41, 5.74) is 5.47. The fraction of sp³-hybridized carbons (Fsp3) is 0.438. The third-order valence-corrected chi connectivity index (χ3v) is 3.82. The maximum Gasteiger partial charge on any atom is 0.334 e. The molecular formula is C16H20N2O4. The molecule has 0 saturated heterocycles. The van der Waals surface area contributed by atoms with E-state index < -0.39 is 17.9 Å². The largest absolute Gasteiger partial charge is 0.425 e. The van der Waals surface area contributed by atoms with Crippen molar-refractivity contribution in [3.05, 3.63) is 29.8 Å². The number of hydrogen-bond acceptors (Lipinski definition) is 4. The second-order valence-corrected chi connectivity index (χ2v) is 5.54. The van der Waals surface area contributed by atoms with Crippen LogP contribution >= 0.6 is 0 Å². The molecule has 0 aliphatic heterocycles. The van der Waals surface area contributed by atoms with Gasteiger partial charge in [-0.2, -0.15) is 0 Å². The Morgan fingerprint density at radius 2 is 1.95 bits per heavy atom. The lowest BCUT2D eigenvalue weighted by Crippen LogP contribution is -2.46. The molecule has 0 aromatic heterocycles. The number of nitrogens with two attached hydrogens (primary N) is 1. The molecule has 2 amide bonds. The molecular weight excluding hydrogens is 284 g/mol. The lowest BCUT2D eigenvalue weighted by molar-refractivity contribution is -0.140. The van der Waals surface area contributed by atoms with Gasteiger partial charge in [0.05, 0.1) is 0 Å². The predicted octanol–water partition coefficient (Wildman–Crippen LogP) is 1.39. The fourth-order valence-electron chi connectivity index (χ4n) is 2.77. The van der Waals surface area contributed by atoms with Gasteiger partial charge in [-0.25, -0.2) is 4.79 Å². The molecule has 3 N–H and O–H groups in total. The number of ether oxygens (including phenoxy) is 1. The SMILES string of the molecule is CC(=O)NC(C(=O)Oc1cccc(C(N)=O)c1)C1CCCC1. The molecule has 118 valence electrons. The number of carbonyl (C=O) groups is 3. The van der Waals surface area contributed by atoms with Gasteiger partial charge in [0.15, 0.2) is 0 Å². The van der Waals surface area contributed by atoms with Crippen molar-refractivity contribution in [2.75, 3.05) is 0 Å². The Hall–Kier alpha value is -2.37. The molecule has 1 aromatic rings. The Kier molecular flexibility index (Phi) is 5.14. The number of rotatable bonds is 5. The van der Waals surface area contributed by atoms with Crippen molar-refractivity contribution in [3.63, 3.8) is 0 Å². The maximum atomic E-state index is 12.4. The van der Waals surface area contributed by atoms with Crippen LogP contribution in [0.5, 0.6) is 5.75 Å². The Bertz CT molecular complexity index is 579. The van der Waals surface area contributed by atoms with E-state index >= 15 is 0 Å². The number of amides is 2. The lowest BCUT2D eigenvalue weighted by Gasteiger charge is -2.22. The topological polar surface area (TPSA) is 98.5 Å². The lowest BCUT2D eigenvalue weighted by atomic mass is 9.98. The van der Waals surface area contributed by atoms with Gasteiger partial charge in [0.1, 0.15) is 11.8 Å². The van der Waals surface area contributed by atoms with Gasteiger partial charge in [-0.15, -0.1) is 0 Å². The van der Waals surface area contributed by atoms with Crippen LogP contribution in [0.25, 0.3) is 0 Å². The molecule has 0 radical (unpaired) electrons. The van der Waals surface area contributed by atoms with Crippen LogP contribution in [0, 0.1) is 5.92 Å². The zero-order valence-electron chi connectivity index (χ0n) is 12.5. The van der Waals surface area contributed by atoms with E-state index in [0.717, 1.165) is 25.7 Å². The van der Waals surface area contributed by atoms with E-state index in [9.17, 15) is 14.4 Å². The van der Waals surface area contributed by atoms with E-state index in [0.29, 0.717) is 0 Å². The van der Waals surface area contributed by atoms with E-state index in [1.165, 1.54) is 13.0 Å².